The van der Waals surface area contributed by atoms with Crippen molar-refractivity contribution in [2.45, 2.75) is 39.7 Å². The standard InChI is InChI=1S/C13H29N3O/c1-11(2)7-9-15-13(17)12(3)14-8-6-10-16(4)5/h11-12,14H,6-10H2,1-5H3,(H,15,17). The number of rotatable bonds is 9. The van der Waals surface area contributed by atoms with E-state index in [1.807, 2.05) is 6.92 Å². The molecule has 0 aromatic rings. The Kier molecular flexibility index (Phi) is 9.09. The summed E-state index contributed by atoms with van der Waals surface area (Å²) >= 11 is 0. The van der Waals surface area contributed by atoms with Gasteiger partial charge in [0, 0.05) is 6.54 Å². The van der Waals surface area contributed by atoms with Crippen molar-refractivity contribution in [2.75, 3.05) is 33.7 Å². The average molecular weight is 243 g/mol. The van der Waals surface area contributed by atoms with E-state index in [2.05, 4.69) is 43.5 Å². The average Bonchev–Trinajstić information content (AvgIpc) is 2.23. The Hall–Kier alpha value is -0.610. The molecule has 1 atom stereocenters. The monoisotopic (exact) mass is 243 g/mol. The third kappa shape index (κ3) is 10.3. The summed E-state index contributed by atoms with van der Waals surface area (Å²) in [5.41, 5.74) is 0. The van der Waals surface area contributed by atoms with Crippen molar-refractivity contribution in [3.8, 4) is 0 Å². The molecular weight excluding hydrogens is 214 g/mol. The maximum atomic E-state index is 11.7. The van der Waals surface area contributed by atoms with Crippen LogP contribution in [0, 0.1) is 5.92 Å². The van der Waals surface area contributed by atoms with Gasteiger partial charge in [-0.2, -0.15) is 0 Å². The lowest BCUT2D eigenvalue weighted by molar-refractivity contribution is -0.122. The Balaban J connectivity index is 3.53. The molecule has 0 radical (unpaired) electrons. The molecule has 0 bridgehead atoms. The van der Waals surface area contributed by atoms with E-state index in [9.17, 15) is 4.79 Å². The lowest BCUT2D eigenvalue weighted by atomic mass is 10.1. The fourth-order valence-electron chi connectivity index (χ4n) is 1.44. The Bertz CT molecular complexity index is 205. The van der Waals surface area contributed by atoms with Gasteiger partial charge in [0.25, 0.3) is 0 Å². The van der Waals surface area contributed by atoms with E-state index in [0.29, 0.717) is 5.92 Å². The summed E-state index contributed by atoms with van der Waals surface area (Å²) in [5.74, 6) is 0.745. The van der Waals surface area contributed by atoms with Gasteiger partial charge >= 0.3 is 0 Å². The number of amides is 1. The van der Waals surface area contributed by atoms with Crippen molar-refractivity contribution in [1.82, 2.24) is 15.5 Å². The first-order valence-electron chi connectivity index (χ1n) is 6.59. The molecule has 1 unspecified atom stereocenters. The Morgan fingerprint density at radius 1 is 1.18 bits per heavy atom. The minimum absolute atomic E-state index is 0.0932. The van der Waals surface area contributed by atoms with Gasteiger partial charge in [-0.05, 0) is 52.9 Å². The zero-order valence-electron chi connectivity index (χ0n) is 12.0. The van der Waals surface area contributed by atoms with Crippen molar-refractivity contribution in [3.63, 3.8) is 0 Å². The van der Waals surface area contributed by atoms with Gasteiger partial charge in [0.05, 0.1) is 6.04 Å². The van der Waals surface area contributed by atoms with E-state index in [1.54, 1.807) is 0 Å². The SMILES string of the molecule is CC(C)CCNC(=O)C(C)NCCCN(C)C. The first kappa shape index (κ1) is 16.4. The molecule has 0 aliphatic heterocycles. The molecule has 4 nitrogen and oxygen atoms in total. The molecule has 17 heavy (non-hydrogen) atoms. The first-order valence-corrected chi connectivity index (χ1v) is 6.59. The van der Waals surface area contributed by atoms with E-state index < -0.39 is 0 Å². The van der Waals surface area contributed by atoms with Gasteiger partial charge in [0.15, 0.2) is 0 Å². The fraction of sp³-hybridized carbons (Fsp3) is 0.923. The summed E-state index contributed by atoms with van der Waals surface area (Å²) in [6.07, 6.45) is 2.11. The van der Waals surface area contributed by atoms with Gasteiger partial charge in [-0.15, -0.1) is 0 Å². The van der Waals surface area contributed by atoms with Crippen molar-refractivity contribution < 1.29 is 4.79 Å². The molecule has 0 saturated carbocycles. The summed E-state index contributed by atoms with van der Waals surface area (Å²) in [6, 6.07) is -0.0932. The van der Waals surface area contributed by atoms with Crippen LogP contribution < -0.4 is 10.6 Å². The Morgan fingerprint density at radius 2 is 1.82 bits per heavy atom. The van der Waals surface area contributed by atoms with Gasteiger partial charge in [-0.3, -0.25) is 4.79 Å². The third-order valence-corrected chi connectivity index (χ3v) is 2.65. The van der Waals surface area contributed by atoms with Gasteiger partial charge < -0.3 is 15.5 Å². The van der Waals surface area contributed by atoms with Crippen LogP contribution in [0.2, 0.25) is 0 Å². The molecule has 0 rings (SSSR count). The van der Waals surface area contributed by atoms with Crippen LogP contribution in [-0.4, -0.2) is 50.6 Å². The maximum Gasteiger partial charge on any atom is 0.236 e. The summed E-state index contributed by atoms with van der Waals surface area (Å²) in [6.45, 7) is 8.95. The molecule has 0 aliphatic rings. The summed E-state index contributed by atoms with van der Waals surface area (Å²) in [5, 5.41) is 6.19. The topological polar surface area (TPSA) is 44.4 Å². The lowest BCUT2D eigenvalue weighted by Gasteiger charge is -2.15. The number of hydrogen-bond donors (Lipinski definition) is 2. The number of hydrogen-bond acceptors (Lipinski definition) is 3. The summed E-state index contributed by atoms with van der Waals surface area (Å²) in [4.78, 5) is 13.8. The normalized spacial score (nSPS) is 13.1. The number of nitrogens with zero attached hydrogens (tertiary/aromatic N) is 1. The largest absolute Gasteiger partial charge is 0.355 e. The summed E-state index contributed by atoms with van der Waals surface area (Å²) in [7, 11) is 4.12. The highest BCUT2D eigenvalue weighted by Gasteiger charge is 2.10. The first-order chi connectivity index (χ1) is 7.93. The minimum atomic E-state index is -0.0932. The van der Waals surface area contributed by atoms with Gasteiger partial charge in [-0.25, -0.2) is 0 Å². The minimum Gasteiger partial charge on any atom is -0.355 e. The molecular formula is C13H29N3O. The molecule has 1 amide bonds. The molecule has 0 aliphatic carbocycles. The highest BCUT2D eigenvalue weighted by Crippen LogP contribution is 1.96. The summed E-state index contributed by atoms with van der Waals surface area (Å²) < 4.78 is 0. The zero-order valence-corrected chi connectivity index (χ0v) is 12.0. The molecule has 0 aromatic carbocycles. The smallest absolute Gasteiger partial charge is 0.236 e. The predicted molar refractivity (Wildman–Crippen MR) is 73.1 cm³/mol. The van der Waals surface area contributed by atoms with Crippen LogP contribution in [0.4, 0.5) is 0 Å². The van der Waals surface area contributed by atoms with Crippen LogP contribution in [0.1, 0.15) is 33.6 Å². The molecule has 0 heterocycles. The van der Waals surface area contributed by atoms with E-state index in [4.69, 9.17) is 0 Å². The van der Waals surface area contributed by atoms with E-state index in [0.717, 1.165) is 32.5 Å². The van der Waals surface area contributed by atoms with Crippen LogP contribution in [-0.2, 0) is 4.79 Å². The number of carbonyl (C=O) groups excluding carboxylic acids is 1. The number of nitrogens with one attached hydrogen (secondary N) is 2. The second-order valence-corrected chi connectivity index (χ2v) is 5.31. The molecule has 102 valence electrons. The molecule has 0 aromatic heterocycles. The molecule has 0 fully saturated rings. The van der Waals surface area contributed by atoms with Crippen LogP contribution in [0.3, 0.4) is 0 Å². The van der Waals surface area contributed by atoms with E-state index >= 15 is 0 Å². The predicted octanol–water partition coefficient (Wildman–Crippen LogP) is 1.08. The lowest BCUT2D eigenvalue weighted by Crippen LogP contribution is -2.43. The maximum absolute atomic E-state index is 11.7. The second-order valence-electron chi connectivity index (χ2n) is 5.31. The van der Waals surface area contributed by atoms with Crippen molar-refractivity contribution in [3.05, 3.63) is 0 Å². The number of carbonyl (C=O) groups is 1. The van der Waals surface area contributed by atoms with Crippen LogP contribution in [0.25, 0.3) is 0 Å². The van der Waals surface area contributed by atoms with Gasteiger partial charge in [0.1, 0.15) is 0 Å². The fourth-order valence-corrected chi connectivity index (χ4v) is 1.44. The van der Waals surface area contributed by atoms with Crippen LogP contribution in [0.5, 0.6) is 0 Å². The van der Waals surface area contributed by atoms with Crippen molar-refractivity contribution in [2.24, 2.45) is 5.92 Å². The quantitative estimate of drug-likeness (QED) is 0.596. The third-order valence-electron chi connectivity index (χ3n) is 2.65. The Labute approximate surface area is 106 Å². The molecule has 0 spiro atoms. The molecule has 2 N–H and O–H groups in total. The van der Waals surface area contributed by atoms with Crippen LogP contribution >= 0.6 is 0 Å². The zero-order chi connectivity index (χ0) is 13.3. The molecule has 0 saturated heterocycles. The second kappa shape index (κ2) is 9.42. The van der Waals surface area contributed by atoms with Crippen molar-refractivity contribution >= 4 is 5.91 Å². The highest BCUT2D eigenvalue weighted by molar-refractivity contribution is 5.81. The van der Waals surface area contributed by atoms with Gasteiger partial charge in [0.2, 0.25) is 5.91 Å². The highest BCUT2D eigenvalue weighted by atomic mass is 16.2. The van der Waals surface area contributed by atoms with Crippen molar-refractivity contribution in [1.29, 1.82) is 0 Å². The van der Waals surface area contributed by atoms with Crippen LogP contribution in [0.15, 0.2) is 0 Å². The molecule has 4 heteroatoms. The van der Waals surface area contributed by atoms with Gasteiger partial charge in [-0.1, -0.05) is 13.8 Å². The van der Waals surface area contributed by atoms with E-state index in [1.165, 1.54) is 0 Å². The van der Waals surface area contributed by atoms with E-state index in [-0.39, 0.29) is 11.9 Å². The Morgan fingerprint density at radius 3 is 2.35 bits per heavy atom.